The zero-order valence-electron chi connectivity index (χ0n) is 6.84. The first-order valence-electron chi connectivity index (χ1n) is 3.56. The van der Waals surface area contributed by atoms with Crippen LogP contribution >= 0.6 is 11.9 Å². The van der Waals surface area contributed by atoms with Crippen LogP contribution in [0.15, 0.2) is 24.3 Å². The first-order valence-corrected chi connectivity index (χ1v) is 18.2. The molecule has 1 aromatic rings. The Hall–Kier alpha value is 0.435. The van der Waals surface area contributed by atoms with Crippen LogP contribution in [0.2, 0.25) is 0 Å². The molecule has 0 bridgehead atoms. The zero-order valence-corrected chi connectivity index (χ0v) is 13.9. The number of hydrogen-bond donors (Lipinski definition) is 0. The molecule has 0 aliphatic carbocycles. The van der Waals surface area contributed by atoms with E-state index >= 15 is 0 Å². The van der Waals surface area contributed by atoms with E-state index in [1.807, 2.05) is 0 Å². The second-order valence-corrected chi connectivity index (χ2v) is 11.8. The molecule has 0 saturated heterocycles. The van der Waals surface area contributed by atoms with Crippen molar-refractivity contribution in [2.24, 2.45) is 0 Å². The number of anilines is 1. The molecule has 0 unspecified atom stereocenters. The van der Waals surface area contributed by atoms with Gasteiger partial charge in [0.05, 0.1) is 0 Å². The van der Waals surface area contributed by atoms with Gasteiger partial charge in [-0.05, 0) is 0 Å². The molecule has 1 rings (SSSR count). The topological polar surface area (TPSA) is 3.24 Å². The van der Waals surface area contributed by atoms with E-state index in [0.29, 0.717) is 0 Å². The van der Waals surface area contributed by atoms with E-state index in [2.05, 4.69) is 55.2 Å². The number of benzene rings is 1. The van der Waals surface area contributed by atoms with E-state index in [1.54, 1.807) is 0 Å². The van der Waals surface area contributed by atoms with Crippen LogP contribution in [0.5, 0.6) is 0 Å². The van der Waals surface area contributed by atoms with Crippen LogP contribution in [0.4, 0.5) is 5.69 Å². The Bertz CT molecular complexity index is 237. The molecule has 0 saturated carbocycles. The predicted molar refractivity (Wildman–Crippen MR) is 49.3 cm³/mol. The fraction of sp³-hybridized carbons (Fsp3) is 0.250. The van der Waals surface area contributed by atoms with E-state index in [1.165, 1.54) is 8.76 Å². The maximum atomic E-state index is 3.64. The Labute approximate surface area is 85.5 Å². The molecule has 56 valence electrons. The number of rotatable bonds is 2. The van der Waals surface area contributed by atoms with Crippen LogP contribution in [0.1, 0.15) is 0 Å². The van der Waals surface area contributed by atoms with Gasteiger partial charge in [-0.25, -0.2) is 0 Å². The van der Waals surface area contributed by atoms with Crippen molar-refractivity contribution in [1.29, 1.82) is 0 Å². The number of nitrogens with zero attached hydrogens (tertiary/aromatic N) is 1. The Balaban J connectivity index is 2.91. The first-order chi connectivity index (χ1) is 5.24. The molecule has 0 spiro atoms. The van der Waals surface area contributed by atoms with Gasteiger partial charge in [0.2, 0.25) is 0 Å². The quantitative estimate of drug-likeness (QED) is 0.684. The van der Waals surface area contributed by atoms with Crippen molar-refractivity contribution in [1.82, 2.24) is 0 Å². The summed E-state index contributed by atoms with van der Waals surface area (Å²) in [7, 11) is 4.15. The molecule has 0 heterocycles. The van der Waals surface area contributed by atoms with Crippen LogP contribution in [0.25, 0.3) is 0 Å². The van der Waals surface area contributed by atoms with Gasteiger partial charge in [-0.3, -0.25) is 0 Å². The fourth-order valence-corrected chi connectivity index (χ4v) is 5.97. The van der Waals surface area contributed by atoms with Gasteiger partial charge in [-0.1, -0.05) is 0 Å². The van der Waals surface area contributed by atoms with Gasteiger partial charge < -0.3 is 0 Å². The summed E-state index contributed by atoms with van der Waals surface area (Å²) in [5.41, 5.74) is 1.31. The summed E-state index contributed by atoms with van der Waals surface area (Å²) in [6, 6.07) is 8.76. The Morgan fingerprint density at radius 1 is 1.36 bits per heavy atom. The molecule has 0 fully saturated rings. The third kappa shape index (κ3) is 2.75. The van der Waals surface area contributed by atoms with Crippen molar-refractivity contribution >= 4 is 20.7 Å². The summed E-state index contributed by atoms with van der Waals surface area (Å²) in [6.45, 7) is 0. The Kier molecular flexibility index (Phi) is 3.86. The summed E-state index contributed by atoms with van der Waals surface area (Å²) in [6.07, 6.45) is 0. The molecule has 0 aliphatic rings. The van der Waals surface area contributed by atoms with Crippen LogP contribution in [0.3, 0.4) is 0 Å². The van der Waals surface area contributed by atoms with E-state index in [-0.39, 0.29) is 0 Å². The van der Waals surface area contributed by atoms with Crippen molar-refractivity contribution in [2.75, 3.05) is 19.0 Å². The molecule has 0 atom stereocenters. The van der Waals surface area contributed by atoms with Gasteiger partial charge in [-0.15, -0.1) is 0 Å². The summed E-state index contributed by atoms with van der Waals surface area (Å²) >= 11 is 2.81. The molecular weight excluding hydrogens is 391 g/mol. The standard InChI is InChI=1S/C8H10N.BrH.Hg/c1-9(2)8-6-4-3-5-7-8;;/h3-4,6-7H,1-2H3;1H;/q;;+1/p-1. The van der Waals surface area contributed by atoms with Crippen LogP contribution < -0.4 is 7.97 Å². The van der Waals surface area contributed by atoms with Crippen molar-refractivity contribution in [3.63, 3.8) is 0 Å². The summed E-state index contributed by atoms with van der Waals surface area (Å²) in [5.74, 6) is 0. The molecule has 0 radical (unpaired) electrons. The molecule has 0 N–H and O–H groups in total. The van der Waals surface area contributed by atoms with E-state index in [9.17, 15) is 0 Å². The second-order valence-electron chi connectivity index (χ2n) is 2.70. The Morgan fingerprint density at radius 3 is 2.64 bits per heavy atom. The third-order valence-corrected chi connectivity index (χ3v) is 10.2. The van der Waals surface area contributed by atoms with Gasteiger partial charge in [0.15, 0.2) is 0 Å². The van der Waals surface area contributed by atoms with Crippen molar-refractivity contribution < 1.29 is 22.1 Å². The van der Waals surface area contributed by atoms with Crippen LogP contribution in [-0.2, 0) is 22.1 Å². The van der Waals surface area contributed by atoms with Gasteiger partial charge in [0, 0.05) is 0 Å². The average molecular weight is 401 g/mol. The third-order valence-electron chi connectivity index (χ3n) is 1.58. The normalized spacial score (nSPS) is 9.00. The molecule has 1 aromatic carbocycles. The molecule has 0 aromatic heterocycles. The molecule has 11 heavy (non-hydrogen) atoms. The van der Waals surface area contributed by atoms with E-state index in [4.69, 9.17) is 0 Å². The monoisotopic (exact) mass is 401 g/mol. The second kappa shape index (κ2) is 4.46. The first kappa shape index (κ1) is 9.52. The molecule has 3 heteroatoms. The van der Waals surface area contributed by atoms with Crippen molar-refractivity contribution in [3.05, 3.63) is 24.3 Å². The molecule has 0 aliphatic heterocycles. The fourth-order valence-electron chi connectivity index (χ4n) is 0.918. The van der Waals surface area contributed by atoms with Gasteiger partial charge in [0.25, 0.3) is 0 Å². The summed E-state index contributed by atoms with van der Waals surface area (Å²) in [4.78, 5) is 2.14. The number of halogens is 1. The summed E-state index contributed by atoms with van der Waals surface area (Å²) < 4.78 is 1.54. The maximum absolute atomic E-state index is 3.64. The number of hydrogen-bond acceptors (Lipinski definition) is 1. The van der Waals surface area contributed by atoms with Gasteiger partial charge in [-0.2, -0.15) is 0 Å². The summed E-state index contributed by atoms with van der Waals surface area (Å²) in [5, 5.41) is 0. The van der Waals surface area contributed by atoms with Crippen LogP contribution in [-0.4, -0.2) is 14.1 Å². The molecule has 0 amide bonds. The van der Waals surface area contributed by atoms with E-state index in [0.717, 1.165) is 0 Å². The zero-order chi connectivity index (χ0) is 8.27. The SMILES string of the molecule is CN(C)c1ccc[c]([Hg][Br])c1. The Morgan fingerprint density at radius 2 is 2.09 bits per heavy atom. The van der Waals surface area contributed by atoms with E-state index < -0.39 is 22.1 Å². The van der Waals surface area contributed by atoms with Gasteiger partial charge >= 0.3 is 86.1 Å². The van der Waals surface area contributed by atoms with Crippen LogP contribution in [0, 0.1) is 0 Å². The minimum absolute atomic E-state index is 0.837. The van der Waals surface area contributed by atoms with Gasteiger partial charge in [0.1, 0.15) is 0 Å². The average Bonchev–Trinajstić information content (AvgIpc) is 2.05. The minimum atomic E-state index is -0.837. The molecular formula is C8H10BrHgN. The predicted octanol–water partition coefficient (Wildman–Crippen LogP) is 1.77. The van der Waals surface area contributed by atoms with Crippen molar-refractivity contribution in [2.45, 2.75) is 0 Å². The molecule has 1 nitrogen and oxygen atoms in total. The van der Waals surface area contributed by atoms with Crippen molar-refractivity contribution in [3.8, 4) is 0 Å².